The van der Waals surface area contributed by atoms with Crippen LogP contribution in [0.25, 0.3) is 0 Å². The first kappa shape index (κ1) is 25.5. The van der Waals surface area contributed by atoms with Gasteiger partial charge in [0.2, 0.25) is 0 Å². The van der Waals surface area contributed by atoms with Gasteiger partial charge in [0.15, 0.2) is 23.3 Å². The first-order valence-corrected chi connectivity index (χ1v) is 10.1. The molecule has 0 spiro atoms. The number of rotatable bonds is 6. The fraction of sp³-hybridized carbons (Fsp3) is 0.458. The molecule has 0 aliphatic rings. The van der Waals surface area contributed by atoms with Gasteiger partial charge in [-0.1, -0.05) is 47.6 Å². The van der Waals surface area contributed by atoms with Crippen molar-refractivity contribution in [1.29, 1.82) is 0 Å². The van der Waals surface area contributed by atoms with E-state index < -0.39 is 58.3 Å². The summed E-state index contributed by atoms with van der Waals surface area (Å²) in [7, 11) is 0. The number of hydrogen-bond donors (Lipinski definition) is 0. The summed E-state index contributed by atoms with van der Waals surface area (Å²) in [5, 5.41) is 0. The Morgan fingerprint density at radius 2 is 1.44 bits per heavy atom. The zero-order valence-corrected chi connectivity index (χ0v) is 19.2. The van der Waals surface area contributed by atoms with Crippen LogP contribution in [0.5, 0.6) is 0 Å². The molecule has 0 aliphatic heterocycles. The van der Waals surface area contributed by atoms with Crippen molar-refractivity contribution < 1.29 is 27.1 Å². The summed E-state index contributed by atoms with van der Waals surface area (Å²) in [4.78, 5) is 21.5. The number of esters is 1. The lowest BCUT2D eigenvalue weighted by Gasteiger charge is -2.29. The summed E-state index contributed by atoms with van der Waals surface area (Å²) in [5.74, 6) is -7.38. The molecule has 2 aromatic rings. The molecule has 4 nitrogen and oxygen atoms in total. The van der Waals surface area contributed by atoms with Gasteiger partial charge in [-0.15, -0.1) is 6.58 Å². The standard InChI is InChI=1S/C24H28F4N2O2/c1-8-9-14-17(25)19(27)15(20(28)18(14)26)12-32-21(31)16(23(2,3)4)13-10-29-22(30-11-13)24(5,6)7/h8,10-11,16H,1,9,12H2,2-7H3. The molecule has 0 N–H and O–H groups in total. The Hall–Kier alpha value is -2.77. The van der Waals surface area contributed by atoms with E-state index >= 15 is 0 Å². The number of carbonyl (C=O) groups is 1. The van der Waals surface area contributed by atoms with Gasteiger partial charge in [-0.3, -0.25) is 4.79 Å². The maximum Gasteiger partial charge on any atom is 0.314 e. The number of benzene rings is 1. The summed E-state index contributed by atoms with van der Waals surface area (Å²) in [6.45, 7) is 13.5. The highest BCUT2D eigenvalue weighted by Crippen LogP contribution is 2.36. The van der Waals surface area contributed by atoms with Crippen molar-refractivity contribution >= 4 is 5.97 Å². The third kappa shape index (κ3) is 5.34. The minimum atomic E-state index is -1.60. The van der Waals surface area contributed by atoms with Crippen LogP contribution in [0.15, 0.2) is 25.0 Å². The molecule has 8 heteroatoms. The number of allylic oxidation sites excluding steroid dienone is 1. The quantitative estimate of drug-likeness (QED) is 0.236. The highest BCUT2D eigenvalue weighted by atomic mass is 19.2. The molecule has 0 saturated heterocycles. The Morgan fingerprint density at radius 3 is 1.84 bits per heavy atom. The van der Waals surface area contributed by atoms with E-state index in [9.17, 15) is 22.4 Å². The van der Waals surface area contributed by atoms with E-state index in [1.807, 2.05) is 20.8 Å². The summed E-state index contributed by atoms with van der Waals surface area (Å²) in [5.41, 5.74) is -2.26. The van der Waals surface area contributed by atoms with E-state index in [1.165, 1.54) is 12.4 Å². The van der Waals surface area contributed by atoms with Crippen LogP contribution >= 0.6 is 0 Å². The minimum absolute atomic E-state index is 0.294. The van der Waals surface area contributed by atoms with Gasteiger partial charge in [0, 0.05) is 28.9 Å². The van der Waals surface area contributed by atoms with E-state index in [-0.39, 0.29) is 11.8 Å². The van der Waals surface area contributed by atoms with Gasteiger partial charge in [0.25, 0.3) is 0 Å². The van der Waals surface area contributed by atoms with Crippen LogP contribution in [0.1, 0.15) is 70.0 Å². The van der Waals surface area contributed by atoms with Gasteiger partial charge < -0.3 is 4.74 Å². The average Bonchev–Trinajstić information content (AvgIpc) is 2.68. The van der Waals surface area contributed by atoms with E-state index in [2.05, 4.69) is 16.5 Å². The maximum absolute atomic E-state index is 14.4. The van der Waals surface area contributed by atoms with Crippen molar-refractivity contribution in [2.24, 2.45) is 5.41 Å². The Balaban J connectivity index is 2.34. The monoisotopic (exact) mass is 452 g/mol. The molecular weight excluding hydrogens is 424 g/mol. The number of carbonyl (C=O) groups excluding carboxylic acids is 1. The lowest BCUT2D eigenvalue weighted by molar-refractivity contribution is -0.149. The van der Waals surface area contributed by atoms with Crippen LogP contribution in [-0.4, -0.2) is 15.9 Å². The predicted molar refractivity (Wildman–Crippen MR) is 113 cm³/mol. The molecule has 1 heterocycles. The van der Waals surface area contributed by atoms with Gasteiger partial charge in [-0.2, -0.15) is 0 Å². The maximum atomic E-state index is 14.4. The highest BCUT2D eigenvalue weighted by Gasteiger charge is 2.36. The first-order valence-electron chi connectivity index (χ1n) is 10.1. The highest BCUT2D eigenvalue weighted by molar-refractivity contribution is 5.79. The van der Waals surface area contributed by atoms with Crippen LogP contribution in [0.2, 0.25) is 0 Å². The number of aromatic nitrogens is 2. The fourth-order valence-corrected chi connectivity index (χ4v) is 3.26. The summed E-state index contributed by atoms with van der Waals surface area (Å²) < 4.78 is 62.2. The third-order valence-electron chi connectivity index (χ3n) is 4.93. The Kier molecular flexibility index (Phi) is 7.47. The molecular formula is C24H28F4N2O2. The Bertz CT molecular complexity index is 978. The zero-order chi connectivity index (χ0) is 24.4. The molecule has 32 heavy (non-hydrogen) atoms. The molecule has 0 amide bonds. The molecule has 1 aromatic carbocycles. The second-order valence-corrected chi connectivity index (χ2v) is 9.70. The zero-order valence-electron chi connectivity index (χ0n) is 19.2. The van der Waals surface area contributed by atoms with Crippen molar-refractivity contribution in [3.05, 3.63) is 70.8 Å². The number of ether oxygens (including phenoxy) is 1. The Labute approximate surface area is 185 Å². The second-order valence-electron chi connectivity index (χ2n) is 9.70. The van der Waals surface area contributed by atoms with Crippen molar-refractivity contribution in [2.75, 3.05) is 0 Å². The summed E-state index contributed by atoms with van der Waals surface area (Å²) in [6, 6.07) is 0. The van der Waals surface area contributed by atoms with Crippen molar-refractivity contribution in [3.63, 3.8) is 0 Å². The second kappa shape index (κ2) is 9.38. The smallest absolute Gasteiger partial charge is 0.314 e. The lowest BCUT2D eigenvalue weighted by Crippen LogP contribution is -2.29. The number of hydrogen-bond acceptors (Lipinski definition) is 4. The van der Waals surface area contributed by atoms with Gasteiger partial charge in [0.05, 0.1) is 11.5 Å². The summed E-state index contributed by atoms with van der Waals surface area (Å²) in [6.07, 6.45) is 3.76. The van der Waals surface area contributed by atoms with Crippen LogP contribution in [-0.2, 0) is 28.0 Å². The largest absolute Gasteiger partial charge is 0.460 e. The average molecular weight is 452 g/mol. The van der Waals surface area contributed by atoms with Crippen LogP contribution in [0.3, 0.4) is 0 Å². The van der Waals surface area contributed by atoms with E-state index in [1.54, 1.807) is 20.8 Å². The van der Waals surface area contributed by atoms with E-state index in [4.69, 9.17) is 4.74 Å². The van der Waals surface area contributed by atoms with Crippen LogP contribution in [0.4, 0.5) is 17.6 Å². The fourth-order valence-electron chi connectivity index (χ4n) is 3.26. The Morgan fingerprint density at radius 1 is 0.969 bits per heavy atom. The molecule has 0 bridgehead atoms. The third-order valence-corrected chi connectivity index (χ3v) is 4.93. The topological polar surface area (TPSA) is 52.1 Å². The lowest BCUT2D eigenvalue weighted by atomic mass is 9.77. The molecule has 0 radical (unpaired) electrons. The van der Waals surface area contributed by atoms with Gasteiger partial charge in [-0.05, 0) is 11.8 Å². The molecule has 1 aromatic heterocycles. The molecule has 174 valence electrons. The molecule has 0 fully saturated rings. The normalized spacial score (nSPS) is 13.1. The summed E-state index contributed by atoms with van der Waals surface area (Å²) >= 11 is 0. The van der Waals surface area contributed by atoms with Crippen molar-refractivity contribution in [2.45, 2.75) is 65.9 Å². The van der Waals surface area contributed by atoms with Crippen LogP contribution < -0.4 is 0 Å². The van der Waals surface area contributed by atoms with Gasteiger partial charge >= 0.3 is 5.97 Å². The SMILES string of the molecule is C=CCc1c(F)c(F)c(COC(=O)C(c2cnc(C(C)(C)C)nc2)C(C)(C)C)c(F)c1F. The number of nitrogens with zero attached hydrogens (tertiary/aromatic N) is 2. The minimum Gasteiger partial charge on any atom is -0.460 e. The molecule has 0 saturated carbocycles. The predicted octanol–water partition coefficient (Wildman–Crippen LogP) is 5.93. The number of halogens is 4. The van der Waals surface area contributed by atoms with E-state index in [0.717, 1.165) is 6.08 Å². The van der Waals surface area contributed by atoms with Crippen molar-refractivity contribution in [1.82, 2.24) is 9.97 Å². The van der Waals surface area contributed by atoms with Crippen LogP contribution in [0, 0.1) is 28.7 Å². The molecule has 1 unspecified atom stereocenters. The van der Waals surface area contributed by atoms with Gasteiger partial charge in [-0.25, -0.2) is 27.5 Å². The molecule has 1 atom stereocenters. The van der Waals surface area contributed by atoms with E-state index in [0.29, 0.717) is 11.4 Å². The molecule has 0 aliphatic carbocycles. The first-order chi connectivity index (χ1) is 14.7. The molecule has 2 rings (SSSR count). The van der Waals surface area contributed by atoms with Gasteiger partial charge in [0.1, 0.15) is 12.4 Å². The van der Waals surface area contributed by atoms with Crippen molar-refractivity contribution in [3.8, 4) is 0 Å².